The summed E-state index contributed by atoms with van der Waals surface area (Å²) in [6.07, 6.45) is -10.00. The van der Waals surface area contributed by atoms with Crippen LogP contribution < -0.4 is 0 Å². The molecule has 0 radical (unpaired) electrons. The van der Waals surface area contributed by atoms with E-state index >= 15 is 0 Å². The van der Waals surface area contributed by atoms with Crippen molar-refractivity contribution in [2.75, 3.05) is 14.2 Å². The second-order valence-corrected chi connectivity index (χ2v) is 2.01. The first-order chi connectivity index (χ1) is 6.02. The summed E-state index contributed by atoms with van der Waals surface area (Å²) in [5.41, 5.74) is 0. The third-order valence-electron chi connectivity index (χ3n) is 1.14. The van der Waals surface area contributed by atoms with Crippen LogP contribution in [0.2, 0.25) is 0 Å². The molecule has 0 aliphatic rings. The Balaban J connectivity index is 4.03. The highest BCUT2D eigenvalue weighted by Crippen LogP contribution is 2.14. The Labute approximate surface area is 72.6 Å². The fourth-order valence-electron chi connectivity index (χ4n) is 0.568. The Morgan fingerprint density at radius 3 is 1.23 bits per heavy atom. The lowest BCUT2D eigenvalue weighted by Crippen LogP contribution is -2.34. The summed E-state index contributed by atoms with van der Waals surface area (Å²) in [4.78, 5) is 0. The highest BCUT2D eigenvalue weighted by molar-refractivity contribution is 4.51. The molecule has 13 heavy (non-hydrogen) atoms. The minimum Gasteiger partial charge on any atom is -0.351 e. The van der Waals surface area contributed by atoms with E-state index in [2.05, 4.69) is 14.2 Å². The maximum atomic E-state index is 11.9. The lowest BCUT2D eigenvalue weighted by Gasteiger charge is -2.21. The van der Waals surface area contributed by atoms with Gasteiger partial charge >= 0.3 is 0 Å². The van der Waals surface area contributed by atoms with Crippen molar-refractivity contribution in [1.29, 1.82) is 0 Å². The Morgan fingerprint density at radius 2 is 1.08 bits per heavy atom. The lowest BCUT2D eigenvalue weighted by atomic mass is 10.6. The van der Waals surface area contributed by atoms with Crippen LogP contribution in [0.15, 0.2) is 0 Å². The van der Waals surface area contributed by atoms with Crippen LogP contribution in [0, 0.1) is 0 Å². The molecule has 0 rings (SSSR count). The molecule has 0 aliphatic carbocycles. The summed E-state index contributed by atoms with van der Waals surface area (Å²) < 4.78 is 60.0. The van der Waals surface area contributed by atoms with Gasteiger partial charge in [-0.25, -0.2) is 17.6 Å². The van der Waals surface area contributed by atoms with Crippen molar-refractivity contribution >= 4 is 0 Å². The zero-order valence-corrected chi connectivity index (χ0v) is 7.05. The van der Waals surface area contributed by atoms with Crippen LogP contribution in [0.1, 0.15) is 0 Å². The average Bonchev–Trinajstić information content (AvgIpc) is 2.05. The van der Waals surface area contributed by atoms with Gasteiger partial charge in [-0.15, -0.1) is 0 Å². The van der Waals surface area contributed by atoms with Gasteiger partial charge in [0.05, 0.1) is 0 Å². The fraction of sp³-hybridized carbons (Fsp3) is 1.00. The van der Waals surface area contributed by atoms with Crippen molar-refractivity contribution in [2.24, 2.45) is 0 Å². The fourth-order valence-corrected chi connectivity index (χ4v) is 0.568. The molecule has 80 valence electrons. The molecule has 3 nitrogen and oxygen atoms in total. The van der Waals surface area contributed by atoms with E-state index < -0.39 is 25.4 Å². The SMILES string of the molecule is COC(OC(OC)C(F)F)C(F)F. The number of halogens is 4. The molecule has 0 aliphatic heterocycles. The highest BCUT2D eigenvalue weighted by atomic mass is 19.3. The molecule has 0 spiro atoms. The van der Waals surface area contributed by atoms with Gasteiger partial charge in [0.25, 0.3) is 12.9 Å². The molecular formula is C6H10F4O3. The summed E-state index contributed by atoms with van der Waals surface area (Å²) in [7, 11) is 1.85. The van der Waals surface area contributed by atoms with Gasteiger partial charge in [-0.1, -0.05) is 0 Å². The minimum atomic E-state index is -3.00. The first kappa shape index (κ1) is 12.6. The molecule has 0 aromatic heterocycles. The molecule has 0 fully saturated rings. The molecule has 2 unspecified atom stereocenters. The molecular weight excluding hydrogens is 196 g/mol. The smallest absolute Gasteiger partial charge is 0.288 e. The van der Waals surface area contributed by atoms with Crippen molar-refractivity contribution in [3.05, 3.63) is 0 Å². The standard InChI is InChI=1S/C6H10F4O3/c1-11-5(3(7)8)13-6(12-2)4(9)10/h3-6H,1-2H3. The predicted molar refractivity (Wildman–Crippen MR) is 34.7 cm³/mol. The van der Waals surface area contributed by atoms with Crippen LogP contribution in [-0.2, 0) is 14.2 Å². The van der Waals surface area contributed by atoms with Crippen LogP contribution in [-0.4, -0.2) is 39.7 Å². The minimum absolute atomic E-state index is 0.926. The Bertz CT molecular complexity index is 119. The molecule has 0 bridgehead atoms. The van der Waals surface area contributed by atoms with Crippen molar-refractivity contribution in [3.63, 3.8) is 0 Å². The van der Waals surface area contributed by atoms with E-state index in [1.54, 1.807) is 0 Å². The lowest BCUT2D eigenvalue weighted by molar-refractivity contribution is -0.294. The van der Waals surface area contributed by atoms with E-state index in [1.807, 2.05) is 0 Å². The number of ether oxygens (including phenoxy) is 3. The normalized spacial score (nSPS) is 16.6. The number of rotatable bonds is 6. The molecule has 0 saturated heterocycles. The summed E-state index contributed by atoms with van der Waals surface area (Å²) in [6.45, 7) is 0. The van der Waals surface area contributed by atoms with Gasteiger partial charge in [0.1, 0.15) is 0 Å². The Morgan fingerprint density at radius 1 is 0.769 bits per heavy atom. The average molecular weight is 206 g/mol. The van der Waals surface area contributed by atoms with Crippen LogP contribution >= 0.6 is 0 Å². The Kier molecular flexibility index (Phi) is 5.93. The molecule has 0 aromatic rings. The van der Waals surface area contributed by atoms with Crippen molar-refractivity contribution < 1.29 is 31.8 Å². The zero-order chi connectivity index (χ0) is 10.4. The number of methoxy groups -OCH3 is 2. The van der Waals surface area contributed by atoms with E-state index in [4.69, 9.17) is 0 Å². The van der Waals surface area contributed by atoms with Gasteiger partial charge in [-0.05, 0) is 0 Å². The predicted octanol–water partition coefficient (Wildman–Crippen LogP) is 1.48. The van der Waals surface area contributed by atoms with Gasteiger partial charge < -0.3 is 14.2 Å². The third-order valence-corrected chi connectivity index (χ3v) is 1.14. The largest absolute Gasteiger partial charge is 0.351 e. The first-order valence-corrected chi connectivity index (χ1v) is 3.30. The van der Waals surface area contributed by atoms with Crippen LogP contribution in [0.4, 0.5) is 17.6 Å². The van der Waals surface area contributed by atoms with Gasteiger partial charge in [0.2, 0.25) is 12.6 Å². The monoisotopic (exact) mass is 206 g/mol. The molecule has 0 saturated carbocycles. The second-order valence-electron chi connectivity index (χ2n) is 2.01. The molecule has 2 atom stereocenters. The molecule has 0 N–H and O–H groups in total. The van der Waals surface area contributed by atoms with Gasteiger partial charge in [-0.2, -0.15) is 0 Å². The quantitative estimate of drug-likeness (QED) is 0.486. The zero-order valence-electron chi connectivity index (χ0n) is 7.05. The first-order valence-electron chi connectivity index (χ1n) is 3.30. The Hall–Kier alpha value is -0.400. The number of alkyl halides is 4. The van der Waals surface area contributed by atoms with Crippen LogP contribution in [0.3, 0.4) is 0 Å². The van der Waals surface area contributed by atoms with Gasteiger partial charge in [-0.3, -0.25) is 0 Å². The number of hydrogen-bond acceptors (Lipinski definition) is 3. The van der Waals surface area contributed by atoms with Crippen LogP contribution in [0.5, 0.6) is 0 Å². The third kappa shape index (κ3) is 4.39. The molecule has 7 heteroatoms. The van der Waals surface area contributed by atoms with Gasteiger partial charge in [0, 0.05) is 14.2 Å². The topological polar surface area (TPSA) is 27.7 Å². The molecule has 0 heterocycles. The van der Waals surface area contributed by atoms with Crippen LogP contribution in [0.25, 0.3) is 0 Å². The molecule has 0 aromatic carbocycles. The molecule has 0 amide bonds. The number of hydrogen-bond donors (Lipinski definition) is 0. The summed E-state index contributed by atoms with van der Waals surface area (Å²) >= 11 is 0. The van der Waals surface area contributed by atoms with E-state index in [0.29, 0.717) is 0 Å². The maximum absolute atomic E-state index is 11.9. The van der Waals surface area contributed by atoms with Crippen molar-refractivity contribution in [1.82, 2.24) is 0 Å². The highest BCUT2D eigenvalue weighted by Gasteiger charge is 2.29. The summed E-state index contributed by atoms with van der Waals surface area (Å²) in [5.74, 6) is 0. The second kappa shape index (κ2) is 6.11. The van der Waals surface area contributed by atoms with Crippen molar-refractivity contribution in [2.45, 2.75) is 25.4 Å². The maximum Gasteiger partial charge on any atom is 0.288 e. The van der Waals surface area contributed by atoms with E-state index in [0.717, 1.165) is 14.2 Å². The van der Waals surface area contributed by atoms with E-state index in [-0.39, 0.29) is 0 Å². The van der Waals surface area contributed by atoms with E-state index in [9.17, 15) is 17.6 Å². The summed E-state index contributed by atoms with van der Waals surface area (Å²) in [6, 6.07) is 0. The van der Waals surface area contributed by atoms with Crippen molar-refractivity contribution in [3.8, 4) is 0 Å². The summed E-state index contributed by atoms with van der Waals surface area (Å²) in [5, 5.41) is 0. The van der Waals surface area contributed by atoms with E-state index in [1.165, 1.54) is 0 Å². The van der Waals surface area contributed by atoms with Gasteiger partial charge in [0.15, 0.2) is 0 Å².